The van der Waals surface area contributed by atoms with Crippen molar-refractivity contribution in [1.29, 1.82) is 0 Å². The molecule has 0 amide bonds. The number of nitrogens with zero attached hydrogens (tertiary/aromatic N) is 2. The zero-order chi connectivity index (χ0) is 14.5. The molecular weight excluding hydrogens is 342 g/mol. The molecule has 0 bridgehead atoms. The van der Waals surface area contributed by atoms with Crippen LogP contribution in [0.5, 0.6) is 5.75 Å². The van der Waals surface area contributed by atoms with Crippen LogP contribution in [0.1, 0.15) is 19.7 Å². The van der Waals surface area contributed by atoms with E-state index in [4.69, 9.17) is 16.3 Å². The Labute approximate surface area is 132 Å². The van der Waals surface area contributed by atoms with Crippen molar-refractivity contribution in [2.24, 2.45) is 0 Å². The van der Waals surface area contributed by atoms with Crippen LogP contribution >= 0.6 is 27.5 Å². The highest BCUT2D eigenvalue weighted by molar-refractivity contribution is 9.10. The first kappa shape index (κ1) is 15.2. The molecule has 108 valence electrons. The van der Waals surface area contributed by atoms with Crippen molar-refractivity contribution in [3.05, 3.63) is 39.8 Å². The molecule has 0 saturated heterocycles. The molecule has 0 aliphatic heterocycles. The third-order valence-electron chi connectivity index (χ3n) is 2.88. The topological polar surface area (TPSA) is 39.1 Å². The fourth-order valence-electron chi connectivity index (χ4n) is 1.95. The van der Waals surface area contributed by atoms with E-state index in [9.17, 15) is 0 Å². The van der Waals surface area contributed by atoms with Gasteiger partial charge in [0.1, 0.15) is 5.82 Å². The van der Waals surface area contributed by atoms with E-state index in [1.165, 1.54) is 0 Å². The number of aromatic nitrogens is 2. The van der Waals surface area contributed by atoms with Crippen LogP contribution in [-0.4, -0.2) is 16.2 Å². The predicted octanol–water partition coefficient (Wildman–Crippen LogP) is 4.33. The van der Waals surface area contributed by atoms with Gasteiger partial charge in [0.25, 0.3) is 0 Å². The summed E-state index contributed by atoms with van der Waals surface area (Å²) in [4.78, 5) is 4.34. The second-order valence-corrected chi connectivity index (χ2v) is 5.47. The maximum atomic E-state index is 6.10. The van der Waals surface area contributed by atoms with Gasteiger partial charge < -0.3 is 14.6 Å². The number of hydrogen-bond acceptors (Lipinski definition) is 3. The highest BCUT2D eigenvalue weighted by atomic mass is 79.9. The summed E-state index contributed by atoms with van der Waals surface area (Å²) in [6.07, 6.45) is 3.77. The van der Waals surface area contributed by atoms with E-state index in [0.29, 0.717) is 18.2 Å². The Hall–Kier alpha value is -1.20. The number of aryl methyl sites for hydroxylation is 1. The zero-order valence-corrected chi connectivity index (χ0v) is 13.8. The normalized spacial score (nSPS) is 10.6. The van der Waals surface area contributed by atoms with E-state index in [1.54, 1.807) is 6.20 Å². The van der Waals surface area contributed by atoms with Crippen molar-refractivity contribution in [2.75, 3.05) is 11.9 Å². The number of benzene rings is 1. The molecule has 0 aliphatic carbocycles. The molecule has 1 heterocycles. The van der Waals surface area contributed by atoms with Crippen LogP contribution in [-0.2, 0) is 13.1 Å². The summed E-state index contributed by atoms with van der Waals surface area (Å²) in [5.74, 6) is 1.75. The quantitative estimate of drug-likeness (QED) is 0.835. The van der Waals surface area contributed by atoms with Gasteiger partial charge in [-0.15, -0.1) is 0 Å². The Kier molecular flexibility index (Phi) is 5.31. The molecule has 20 heavy (non-hydrogen) atoms. The third-order valence-corrected chi connectivity index (χ3v) is 3.68. The summed E-state index contributed by atoms with van der Waals surface area (Å²) < 4.78 is 8.59. The Morgan fingerprint density at radius 2 is 2.20 bits per heavy atom. The molecule has 0 aliphatic rings. The highest BCUT2D eigenvalue weighted by Gasteiger charge is 2.11. The molecule has 2 rings (SSSR count). The molecule has 1 aromatic carbocycles. The number of anilines is 1. The van der Waals surface area contributed by atoms with Gasteiger partial charge in [-0.25, -0.2) is 4.98 Å². The molecule has 4 nitrogen and oxygen atoms in total. The van der Waals surface area contributed by atoms with Gasteiger partial charge >= 0.3 is 0 Å². The van der Waals surface area contributed by atoms with Gasteiger partial charge in [-0.2, -0.15) is 0 Å². The lowest BCUT2D eigenvalue weighted by atomic mass is 10.3. The van der Waals surface area contributed by atoms with Gasteiger partial charge in [0.05, 0.1) is 23.3 Å². The summed E-state index contributed by atoms with van der Waals surface area (Å²) >= 11 is 9.57. The fraction of sp³-hybridized carbons (Fsp3) is 0.357. The van der Waals surface area contributed by atoms with Crippen molar-refractivity contribution in [2.45, 2.75) is 26.9 Å². The molecule has 6 heteroatoms. The van der Waals surface area contributed by atoms with Gasteiger partial charge in [0, 0.05) is 24.0 Å². The lowest BCUT2D eigenvalue weighted by Crippen LogP contribution is -2.09. The van der Waals surface area contributed by atoms with E-state index < -0.39 is 0 Å². The van der Waals surface area contributed by atoms with Crippen LogP contribution in [0.25, 0.3) is 0 Å². The number of halogens is 2. The number of rotatable bonds is 6. The summed E-state index contributed by atoms with van der Waals surface area (Å²) in [5.41, 5.74) is 0.858. The SMILES string of the molecule is CCOc1c(Br)cc(Cl)cc1NCc1nccn1CC. The summed E-state index contributed by atoms with van der Waals surface area (Å²) in [6, 6.07) is 3.68. The summed E-state index contributed by atoms with van der Waals surface area (Å²) in [6.45, 7) is 6.15. The maximum Gasteiger partial charge on any atom is 0.156 e. The molecule has 0 fully saturated rings. The van der Waals surface area contributed by atoms with Crippen molar-refractivity contribution in [3.63, 3.8) is 0 Å². The minimum atomic E-state index is 0.596. The van der Waals surface area contributed by atoms with E-state index in [0.717, 1.165) is 28.3 Å². The maximum absolute atomic E-state index is 6.10. The zero-order valence-electron chi connectivity index (χ0n) is 11.5. The second kappa shape index (κ2) is 6.99. The molecule has 0 atom stereocenters. The summed E-state index contributed by atoms with van der Waals surface area (Å²) in [5, 5.41) is 3.99. The lowest BCUT2D eigenvalue weighted by molar-refractivity contribution is 0.339. The minimum absolute atomic E-state index is 0.596. The van der Waals surface area contributed by atoms with Gasteiger partial charge in [0.15, 0.2) is 5.75 Å². The Morgan fingerprint density at radius 3 is 2.90 bits per heavy atom. The van der Waals surface area contributed by atoms with Gasteiger partial charge in [-0.3, -0.25) is 0 Å². The number of nitrogens with one attached hydrogen (secondary N) is 1. The molecular formula is C14H17BrClN3O. The highest BCUT2D eigenvalue weighted by Crippen LogP contribution is 2.36. The fourth-order valence-corrected chi connectivity index (χ4v) is 2.88. The predicted molar refractivity (Wildman–Crippen MR) is 85.5 cm³/mol. The number of imidazole rings is 1. The first-order valence-corrected chi connectivity index (χ1v) is 7.68. The van der Waals surface area contributed by atoms with Crippen LogP contribution in [0.3, 0.4) is 0 Å². The number of ether oxygens (including phenoxy) is 1. The van der Waals surface area contributed by atoms with Crippen LogP contribution in [0.4, 0.5) is 5.69 Å². The monoisotopic (exact) mass is 357 g/mol. The van der Waals surface area contributed by atoms with Crippen molar-refractivity contribution in [3.8, 4) is 5.75 Å². The molecule has 0 saturated carbocycles. The van der Waals surface area contributed by atoms with E-state index in [2.05, 4.69) is 37.7 Å². The first-order valence-electron chi connectivity index (χ1n) is 6.51. The van der Waals surface area contributed by atoms with Crippen molar-refractivity contribution >= 4 is 33.2 Å². The van der Waals surface area contributed by atoms with Crippen LogP contribution < -0.4 is 10.1 Å². The van der Waals surface area contributed by atoms with Gasteiger partial charge in [-0.1, -0.05) is 11.6 Å². The molecule has 0 radical (unpaired) electrons. The molecule has 1 N–H and O–H groups in total. The Morgan fingerprint density at radius 1 is 1.40 bits per heavy atom. The number of hydrogen-bond donors (Lipinski definition) is 1. The Bertz CT molecular complexity index is 586. The largest absolute Gasteiger partial charge is 0.491 e. The van der Waals surface area contributed by atoms with Gasteiger partial charge in [-0.05, 0) is 41.9 Å². The average molecular weight is 359 g/mol. The van der Waals surface area contributed by atoms with Crippen molar-refractivity contribution < 1.29 is 4.74 Å². The lowest BCUT2D eigenvalue weighted by Gasteiger charge is -2.15. The average Bonchev–Trinajstić information content (AvgIpc) is 2.87. The third kappa shape index (κ3) is 3.46. The second-order valence-electron chi connectivity index (χ2n) is 4.18. The molecule has 2 aromatic rings. The van der Waals surface area contributed by atoms with Gasteiger partial charge in [0.2, 0.25) is 0 Å². The first-order chi connectivity index (χ1) is 9.65. The molecule has 1 aromatic heterocycles. The molecule has 0 spiro atoms. The van der Waals surface area contributed by atoms with Crippen LogP contribution in [0.15, 0.2) is 29.0 Å². The Balaban J connectivity index is 2.20. The van der Waals surface area contributed by atoms with E-state index >= 15 is 0 Å². The van der Waals surface area contributed by atoms with E-state index in [-0.39, 0.29) is 0 Å². The smallest absolute Gasteiger partial charge is 0.156 e. The molecule has 0 unspecified atom stereocenters. The summed E-state index contributed by atoms with van der Waals surface area (Å²) in [7, 11) is 0. The van der Waals surface area contributed by atoms with Crippen LogP contribution in [0.2, 0.25) is 5.02 Å². The minimum Gasteiger partial charge on any atom is -0.491 e. The standard InChI is InChI=1S/C14H17BrClN3O/c1-3-19-6-5-17-13(19)9-18-12-8-10(16)7-11(15)14(12)20-4-2/h5-8,18H,3-4,9H2,1-2H3. The van der Waals surface area contributed by atoms with Crippen molar-refractivity contribution in [1.82, 2.24) is 9.55 Å². The van der Waals surface area contributed by atoms with E-state index in [1.807, 2.05) is 25.3 Å². The van der Waals surface area contributed by atoms with Crippen LogP contribution in [0, 0.1) is 0 Å².